The first-order valence-corrected chi connectivity index (χ1v) is 7.37. The van der Waals surface area contributed by atoms with Gasteiger partial charge >= 0.3 is 12.1 Å². The van der Waals surface area contributed by atoms with E-state index in [1.54, 1.807) is 20.8 Å². The number of hydrogen-bond donors (Lipinski definition) is 1. The van der Waals surface area contributed by atoms with Gasteiger partial charge in [-0.25, -0.2) is 9.59 Å². The third-order valence-electron chi connectivity index (χ3n) is 2.68. The average Bonchev–Trinajstić information content (AvgIpc) is 2.43. The third kappa shape index (κ3) is 7.99. The highest BCUT2D eigenvalue weighted by Gasteiger charge is 2.26. The van der Waals surface area contributed by atoms with E-state index in [0.29, 0.717) is 0 Å². The summed E-state index contributed by atoms with van der Waals surface area (Å²) in [5, 5.41) is 2.50. The highest BCUT2D eigenvalue weighted by atomic mass is 16.6. The summed E-state index contributed by atoms with van der Waals surface area (Å²) in [4.78, 5) is 35.0. The Bertz CT molecular complexity index is 548. The lowest BCUT2D eigenvalue weighted by molar-refractivity contribution is -0.149. The maximum atomic E-state index is 12.1. The number of esters is 1. The van der Waals surface area contributed by atoms with Crippen LogP contribution in [0.15, 0.2) is 30.3 Å². The number of Topliss-reactive ketones (excluding diaryl/α,β-unsaturated/α-hetero) is 1. The molecule has 1 aromatic rings. The minimum Gasteiger partial charge on any atom is -0.456 e. The smallest absolute Gasteiger partial charge is 0.408 e. The first-order chi connectivity index (χ1) is 10.7. The fraction of sp³-hybridized carbons (Fsp3) is 0.471. The van der Waals surface area contributed by atoms with Gasteiger partial charge in [0.15, 0.2) is 5.78 Å². The molecule has 1 atom stereocenters. The molecule has 0 saturated carbocycles. The quantitative estimate of drug-likeness (QED) is 0.813. The molecule has 6 heteroatoms. The van der Waals surface area contributed by atoms with E-state index in [0.717, 1.165) is 5.56 Å². The predicted molar refractivity (Wildman–Crippen MR) is 84.9 cm³/mol. The van der Waals surface area contributed by atoms with Crippen LogP contribution in [-0.2, 0) is 25.5 Å². The van der Waals surface area contributed by atoms with Crippen LogP contribution in [0.1, 0.15) is 33.3 Å². The van der Waals surface area contributed by atoms with Gasteiger partial charge in [0.1, 0.15) is 18.2 Å². The summed E-state index contributed by atoms with van der Waals surface area (Å²) < 4.78 is 10.1. The lowest BCUT2D eigenvalue weighted by Crippen LogP contribution is -2.45. The molecule has 0 radical (unpaired) electrons. The minimum absolute atomic E-state index is 0.247. The minimum atomic E-state index is -0.924. The Morgan fingerprint density at radius 3 is 2.26 bits per heavy atom. The molecule has 1 amide bonds. The number of nitrogens with one attached hydrogen (secondary N) is 1. The van der Waals surface area contributed by atoms with Crippen molar-refractivity contribution in [2.75, 3.05) is 6.61 Å². The van der Waals surface area contributed by atoms with E-state index in [2.05, 4.69) is 5.32 Å². The van der Waals surface area contributed by atoms with Gasteiger partial charge in [-0.2, -0.15) is 0 Å². The van der Waals surface area contributed by atoms with Gasteiger partial charge in [-0.05, 0) is 33.3 Å². The molecule has 1 aromatic carbocycles. The van der Waals surface area contributed by atoms with Crippen LogP contribution in [0.5, 0.6) is 0 Å². The Labute approximate surface area is 136 Å². The highest BCUT2D eigenvalue weighted by molar-refractivity contribution is 5.84. The predicted octanol–water partition coefficient (Wildman–Crippen LogP) is 2.25. The van der Waals surface area contributed by atoms with Crippen molar-refractivity contribution in [2.45, 2.75) is 45.8 Å². The first-order valence-electron chi connectivity index (χ1n) is 7.37. The third-order valence-corrected chi connectivity index (χ3v) is 2.68. The number of ether oxygens (including phenoxy) is 2. The van der Waals surface area contributed by atoms with Crippen LogP contribution in [0.25, 0.3) is 0 Å². The molecule has 0 unspecified atom stereocenters. The van der Waals surface area contributed by atoms with Gasteiger partial charge < -0.3 is 14.8 Å². The van der Waals surface area contributed by atoms with Gasteiger partial charge in [-0.15, -0.1) is 0 Å². The van der Waals surface area contributed by atoms with E-state index in [4.69, 9.17) is 9.47 Å². The number of rotatable bonds is 6. The van der Waals surface area contributed by atoms with Crippen molar-refractivity contribution in [3.05, 3.63) is 35.9 Å². The van der Waals surface area contributed by atoms with Crippen LogP contribution < -0.4 is 5.32 Å². The second kappa shape index (κ2) is 8.31. The number of hydrogen-bond acceptors (Lipinski definition) is 5. The molecular formula is C17H23NO5. The lowest BCUT2D eigenvalue weighted by Gasteiger charge is -2.23. The van der Waals surface area contributed by atoms with Crippen LogP contribution in [0.2, 0.25) is 0 Å². The molecule has 1 rings (SSSR count). The Kier molecular flexibility index (Phi) is 6.75. The normalized spacial score (nSPS) is 12.2. The van der Waals surface area contributed by atoms with Gasteiger partial charge in [0.25, 0.3) is 0 Å². The Balaban J connectivity index is 2.77. The van der Waals surface area contributed by atoms with Crippen LogP contribution in [0, 0.1) is 0 Å². The van der Waals surface area contributed by atoms with Crippen LogP contribution in [-0.4, -0.2) is 36.1 Å². The Hall–Kier alpha value is -2.37. The molecule has 0 aliphatic carbocycles. The number of alkyl carbamates (subject to hydrolysis) is 1. The number of amides is 1. The summed E-state index contributed by atoms with van der Waals surface area (Å²) in [7, 11) is 0. The SMILES string of the molecule is CC(=O)COC(=O)[C@H](Cc1ccccc1)NC(=O)OC(C)(C)C. The van der Waals surface area contributed by atoms with Crippen molar-refractivity contribution >= 4 is 17.8 Å². The van der Waals surface area contributed by atoms with Crippen molar-refractivity contribution in [1.29, 1.82) is 0 Å². The number of benzene rings is 1. The van der Waals surface area contributed by atoms with E-state index in [1.165, 1.54) is 6.92 Å². The van der Waals surface area contributed by atoms with Crippen LogP contribution in [0.4, 0.5) is 4.79 Å². The van der Waals surface area contributed by atoms with Crippen molar-refractivity contribution < 1.29 is 23.9 Å². The monoisotopic (exact) mass is 321 g/mol. The van der Waals surface area contributed by atoms with Crippen molar-refractivity contribution in [3.8, 4) is 0 Å². The Morgan fingerprint density at radius 2 is 1.74 bits per heavy atom. The van der Waals surface area contributed by atoms with E-state index in [1.807, 2.05) is 30.3 Å². The van der Waals surface area contributed by atoms with Crippen LogP contribution >= 0.6 is 0 Å². The standard InChI is InChI=1S/C17H23NO5/c1-12(19)11-22-15(20)14(10-13-8-6-5-7-9-13)18-16(21)23-17(2,3)4/h5-9,14H,10-11H2,1-4H3,(H,18,21)/t14-/m0/s1. The molecule has 1 N–H and O–H groups in total. The van der Waals surface area contributed by atoms with Gasteiger partial charge in [0, 0.05) is 6.42 Å². The van der Waals surface area contributed by atoms with Gasteiger partial charge in [-0.1, -0.05) is 30.3 Å². The molecule has 0 aromatic heterocycles. The van der Waals surface area contributed by atoms with Crippen molar-refractivity contribution in [1.82, 2.24) is 5.32 Å². The molecular weight excluding hydrogens is 298 g/mol. The van der Waals surface area contributed by atoms with Gasteiger partial charge in [-0.3, -0.25) is 4.79 Å². The Morgan fingerprint density at radius 1 is 1.13 bits per heavy atom. The molecule has 0 aliphatic rings. The summed E-state index contributed by atoms with van der Waals surface area (Å²) in [5.74, 6) is -0.941. The lowest BCUT2D eigenvalue weighted by atomic mass is 10.1. The maximum Gasteiger partial charge on any atom is 0.408 e. The molecule has 6 nitrogen and oxygen atoms in total. The molecule has 0 heterocycles. The molecule has 0 bridgehead atoms. The van der Waals surface area contributed by atoms with E-state index in [9.17, 15) is 14.4 Å². The number of ketones is 1. The summed E-state index contributed by atoms with van der Waals surface area (Å²) >= 11 is 0. The zero-order valence-corrected chi connectivity index (χ0v) is 13.9. The fourth-order valence-corrected chi connectivity index (χ4v) is 1.77. The summed E-state index contributed by atoms with van der Waals surface area (Å²) in [6.07, 6.45) is -0.463. The largest absolute Gasteiger partial charge is 0.456 e. The van der Waals surface area contributed by atoms with Gasteiger partial charge in [0.05, 0.1) is 0 Å². The van der Waals surface area contributed by atoms with Crippen molar-refractivity contribution in [3.63, 3.8) is 0 Å². The highest BCUT2D eigenvalue weighted by Crippen LogP contribution is 2.09. The fourth-order valence-electron chi connectivity index (χ4n) is 1.77. The van der Waals surface area contributed by atoms with E-state index < -0.39 is 23.7 Å². The summed E-state index contributed by atoms with van der Waals surface area (Å²) in [6, 6.07) is 8.27. The molecule has 0 spiro atoms. The molecule has 23 heavy (non-hydrogen) atoms. The zero-order valence-electron chi connectivity index (χ0n) is 13.9. The van der Waals surface area contributed by atoms with Gasteiger partial charge in [0.2, 0.25) is 0 Å². The molecule has 0 aliphatic heterocycles. The second-order valence-electron chi connectivity index (χ2n) is 6.20. The number of carbonyl (C=O) groups excluding carboxylic acids is 3. The molecule has 126 valence electrons. The summed E-state index contributed by atoms with van der Waals surface area (Å²) in [5.41, 5.74) is 0.179. The summed E-state index contributed by atoms with van der Waals surface area (Å²) in [6.45, 7) is 6.19. The number of carbonyl (C=O) groups is 3. The first kappa shape index (κ1) is 18.7. The van der Waals surface area contributed by atoms with Crippen molar-refractivity contribution in [2.24, 2.45) is 0 Å². The second-order valence-corrected chi connectivity index (χ2v) is 6.20. The average molecular weight is 321 g/mol. The topological polar surface area (TPSA) is 81.7 Å². The molecule has 0 fully saturated rings. The van der Waals surface area contributed by atoms with E-state index >= 15 is 0 Å². The maximum absolute atomic E-state index is 12.1. The van der Waals surface area contributed by atoms with Crippen LogP contribution in [0.3, 0.4) is 0 Å². The zero-order chi connectivity index (χ0) is 17.5. The molecule has 0 saturated heterocycles. The van der Waals surface area contributed by atoms with E-state index in [-0.39, 0.29) is 18.8 Å².